The van der Waals surface area contributed by atoms with Gasteiger partial charge in [0.05, 0.1) is 59.9 Å². The smallest absolute Gasteiger partial charge is 0.300 e. The summed E-state index contributed by atoms with van der Waals surface area (Å²) in [5, 5.41) is 43.6. The van der Waals surface area contributed by atoms with Gasteiger partial charge < -0.3 is 20.4 Å². The number of rotatable bonds is 15. The lowest BCUT2D eigenvalue weighted by molar-refractivity contribution is -0.393. The summed E-state index contributed by atoms with van der Waals surface area (Å²) < 4.78 is 54.5. The molecule has 1 aromatic carbocycles. The van der Waals surface area contributed by atoms with Gasteiger partial charge in [-0.25, -0.2) is 0 Å². The van der Waals surface area contributed by atoms with Crippen LogP contribution in [0.15, 0.2) is 12.1 Å². The van der Waals surface area contributed by atoms with Crippen molar-refractivity contribution in [2.24, 2.45) is 0 Å². The number of nitrogens with zero attached hydrogens (tertiary/aromatic N) is 3. The summed E-state index contributed by atoms with van der Waals surface area (Å²) in [4.78, 5) is 34.8. The van der Waals surface area contributed by atoms with Crippen molar-refractivity contribution in [1.82, 2.24) is 5.32 Å². The van der Waals surface area contributed by atoms with E-state index >= 15 is 0 Å². The van der Waals surface area contributed by atoms with Crippen molar-refractivity contribution in [3.63, 3.8) is 0 Å². The molecule has 0 bridgehead atoms. The Morgan fingerprint density at radius 3 is 1.97 bits per heavy atom. The van der Waals surface area contributed by atoms with Gasteiger partial charge in [0.25, 0.3) is 37.5 Å². The molecule has 1 aromatic rings. The van der Waals surface area contributed by atoms with Crippen LogP contribution in [0.4, 0.5) is 17.1 Å². The minimum absolute atomic E-state index is 0.446. The second-order valence-corrected chi connectivity index (χ2v) is 10.2. The fourth-order valence-corrected chi connectivity index (χ4v) is 3.41. The van der Waals surface area contributed by atoms with Crippen molar-refractivity contribution in [3.05, 3.63) is 37.9 Å². The molecule has 0 fully saturated rings. The summed E-state index contributed by atoms with van der Waals surface area (Å²) in [6.07, 6.45) is 0.0756. The number of nitro groups is 2. The summed E-state index contributed by atoms with van der Waals surface area (Å²) in [6.45, 7) is -3.32. The first-order valence-electron chi connectivity index (χ1n) is 9.53. The highest BCUT2D eigenvalue weighted by molar-refractivity contribution is 7.86. The van der Waals surface area contributed by atoms with Crippen molar-refractivity contribution < 1.29 is 50.1 Å². The second kappa shape index (κ2) is 12.7. The molecule has 19 heteroatoms. The number of hydrogen-bond donors (Lipinski definition) is 3. The molecular weight excluding hydrogens is 520 g/mol. The molecule has 0 radical (unpaired) electrons. The van der Waals surface area contributed by atoms with Gasteiger partial charge in [0.1, 0.15) is 5.69 Å². The first kappa shape index (κ1) is 30.1. The highest BCUT2D eigenvalue weighted by Gasteiger charge is 2.31. The standard InChI is InChI=1S/C16H24N4O13S2/c1-34(28,29)32-5-3-18(4-6-33-35(2,30)31)15-13(16(23)17-9-12(22)10-21)7-11(19(24)25)8-14(15)20(26)27/h7-8,12,21-22H,3-6,9-10H2,1-2H3,(H,17,23). The molecule has 0 saturated heterocycles. The molecule has 3 N–H and O–H groups in total. The Hall–Kier alpha value is -2.97. The molecule has 1 atom stereocenters. The van der Waals surface area contributed by atoms with E-state index in [1.807, 2.05) is 0 Å². The molecule has 0 heterocycles. The van der Waals surface area contributed by atoms with Gasteiger partial charge in [0.15, 0.2) is 0 Å². The number of aliphatic hydroxyl groups is 2. The number of non-ortho nitro benzene ring substituents is 1. The molecule has 1 amide bonds. The topological polar surface area (TPSA) is 246 Å². The molecule has 17 nitrogen and oxygen atoms in total. The van der Waals surface area contributed by atoms with Crippen molar-refractivity contribution in [1.29, 1.82) is 0 Å². The number of benzene rings is 1. The van der Waals surface area contributed by atoms with Gasteiger partial charge in [-0.1, -0.05) is 0 Å². The molecule has 0 spiro atoms. The Balaban J connectivity index is 3.62. The minimum Gasteiger partial charge on any atom is -0.394 e. The zero-order chi connectivity index (χ0) is 27.0. The predicted octanol–water partition coefficient (Wildman–Crippen LogP) is -1.66. The highest BCUT2D eigenvalue weighted by atomic mass is 32.2. The van der Waals surface area contributed by atoms with Crippen LogP contribution >= 0.6 is 0 Å². The third-order valence-corrected chi connectivity index (χ3v) is 5.26. The lowest BCUT2D eigenvalue weighted by atomic mass is 10.1. The number of amides is 1. The zero-order valence-electron chi connectivity index (χ0n) is 18.5. The maximum Gasteiger partial charge on any atom is 0.300 e. The Labute approximate surface area is 199 Å². The maximum absolute atomic E-state index is 12.8. The van der Waals surface area contributed by atoms with E-state index in [0.717, 1.165) is 17.4 Å². The van der Waals surface area contributed by atoms with E-state index in [-0.39, 0.29) is 0 Å². The number of carbonyl (C=O) groups is 1. The van der Waals surface area contributed by atoms with Crippen LogP contribution in [0, 0.1) is 20.2 Å². The van der Waals surface area contributed by atoms with Crippen LogP contribution in [0.3, 0.4) is 0 Å². The molecule has 35 heavy (non-hydrogen) atoms. The van der Waals surface area contributed by atoms with Crippen molar-refractivity contribution in [2.75, 3.05) is 56.9 Å². The Kier molecular flexibility index (Phi) is 10.9. The quantitative estimate of drug-likeness (QED) is 0.127. The summed E-state index contributed by atoms with van der Waals surface area (Å²) in [5.74, 6) is -1.11. The summed E-state index contributed by atoms with van der Waals surface area (Å²) >= 11 is 0. The van der Waals surface area contributed by atoms with Gasteiger partial charge in [-0.2, -0.15) is 16.8 Å². The molecule has 0 aliphatic carbocycles. The van der Waals surface area contributed by atoms with E-state index in [9.17, 15) is 47.0 Å². The van der Waals surface area contributed by atoms with Crippen LogP contribution in [0.2, 0.25) is 0 Å². The van der Waals surface area contributed by atoms with Gasteiger partial charge in [0.2, 0.25) is 0 Å². The molecular formula is C16H24N4O13S2. The lowest BCUT2D eigenvalue weighted by Crippen LogP contribution is -2.37. The van der Waals surface area contributed by atoms with E-state index in [1.165, 1.54) is 0 Å². The van der Waals surface area contributed by atoms with Gasteiger partial charge >= 0.3 is 0 Å². The van der Waals surface area contributed by atoms with E-state index in [1.54, 1.807) is 0 Å². The third-order valence-electron chi connectivity index (χ3n) is 4.07. The Morgan fingerprint density at radius 2 is 1.57 bits per heavy atom. The van der Waals surface area contributed by atoms with Crippen LogP contribution in [-0.4, -0.2) is 101 Å². The monoisotopic (exact) mass is 544 g/mol. The van der Waals surface area contributed by atoms with Crippen molar-refractivity contribution >= 4 is 43.2 Å². The second-order valence-electron chi connectivity index (χ2n) is 6.96. The fraction of sp³-hybridized carbons (Fsp3) is 0.562. The molecule has 0 aliphatic rings. The first-order valence-corrected chi connectivity index (χ1v) is 13.2. The third kappa shape index (κ3) is 10.4. The normalized spacial score (nSPS) is 12.7. The number of aliphatic hydroxyl groups excluding tert-OH is 2. The fourth-order valence-electron chi connectivity index (χ4n) is 2.66. The van der Waals surface area contributed by atoms with Gasteiger partial charge in [-0.3, -0.25) is 33.4 Å². The highest BCUT2D eigenvalue weighted by Crippen LogP contribution is 2.36. The molecule has 198 valence electrons. The van der Waals surface area contributed by atoms with Crippen LogP contribution in [0.5, 0.6) is 0 Å². The van der Waals surface area contributed by atoms with Gasteiger partial charge in [0, 0.05) is 25.7 Å². The lowest BCUT2D eigenvalue weighted by Gasteiger charge is -2.26. The Bertz CT molecular complexity index is 1120. The van der Waals surface area contributed by atoms with Gasteiger partial charge in [-0.05, 0) is 0 Å². The number of nitrogens with one attached hydrogen (secondary N) is 1. The molecule has 1 unspecified atom stereocenters. The van der Waals surface area contributed by atoms with Gasteiger partial charge in [-0.15, -0.1) is 0 Å². The Morgan fingerprint density at radius 1 is 1.06 bits per heavy atom. The molecule has 0 aliphatic heterocycles. The summed E-state index contributed by atoms with van der Waals surface area (Å²) in [6, 6.07) is 1.28. The van der Waals surface area contributed by atoms with E-state index in [0.29, 0.717) is 12.1 Å². The van der Waals surface area contributed by atoms with Crippen LogP contribution < -0.4 is 10.2 Å². The average Bonchev–Trinajstić information content (AvgIpc) is 2.73. The first-order chi connectivity index (χ1) is 16.1. The summed E-state index contributed by atoms with van der Waals surface area (Å²) in [7, 11) is -7.89. The maximum atomic E-state index is 12.8. The summed E-state index contributed by atoms with van der Waals surface area (Å²) in [5.41, 5.74) is -2.89. The van der Waals surface area contributed by atoms with Crippen LogP contribution in [-0.2, 0) is 28.6 Å². The van der Waals surface area contributed by atoms with Crippen LogP contribution in [0.1, 0.15) is 10.4 Å². The average molecular weight is 545 g/mol. The number of anilines is 1. The number of nitro benzene ring substituents is 2. The molecule has 1 rings (SSSR count). The zero-order valence-corrected chi connectivity index (χ0v) is 20.2. The predicted molar refractivity (Wildman–Crippen MR) is 119 cm³/mol. The largest absolute Gasteiger partial charge is 0.394 e. The van der Waals surface area contributed by atoms with E-state index in [2.05, 4.69) is 13.7 Å². The number of carbonyl (C=O) groups excluding carboxylic acids is 1. The van der Waals surface area contributed by atoms with E-state index in [4.69, 9.17) is 5.11 Å². The van der Waals surface area contributed by atoms with E-state index < -0.39 is 104 Å². The molecule has 0 saturated carbocycles. The SMILES string of the molecule is CS(=O)(=O)OCCN(CCOS(C)(=O)=O)c1c(C(=O)NCC(O)CO)cc([N+](=O)[O-])cc1[N+](=O)[O-]. The minimum atomic E-state index is -3.95. The van der Waals surface area contributed by atoms with Crippen LogP contribution in [0.25, 0.3) is 0 Å². The number of hydrogen-bond acceptors (Lipinski definition) is 14. The van der Waals surface area contributed by atoms with Crippen molar-refractivity contribution in [2.45, 2.75) is 6.10 Å². The molecule has 0 aromatic heterocycles. The van der Waals surface area contributed by atoms with Crippen molar-refractivity contribution in [3.8, 4) is 0 Å².